The van der Waals surface area contributed by atoms with Crippen LogP contribution in [0.5, 0.6) is 0 Å². The number of hydrogen-bond donors (Lipinski definition) is 2. The fourth-order valence-electron chi connectivity index (χ4n) is 2.29. The topological polar surface area (TPSA) is 89.6 Å². The number of aromatic amines is 1. The highest BCUT2D eigenvalue weighted by Crippen LogP contribution is 2.24. The first kappa shape index (κ1) is 14.9. The van der Waals surface area contributed by atoms with Gasteiger partial charge in [0.05, 0.1) is 0 Å². The van der Waals surface area contributed by atoms with E-state index in [0.29, 0.717) is 16.7 Å². The average Bonchev–Trinajstić information content (AvgIpc) is 2.91. The van der Waals surface area contributed by atoms with Crippen LogP contribution >= 0.6 is 0 Å². The Morgan fingerprint density at radius 1 is 1.26 bits per heavy atom. The third-order valence-electron chi connectivity index (χ3n) is 3.25. The SMILES string of the molecule is Nc1nc(-c2nn(C(F)F)cc2Cc2ccccc2)cc(=O)[nH]1. The van der Waals surface area contributed by atoms with Gasteiger partial charge in [0.1, 0.15) is 11.4 Å². The summed E-state index contributed by atoms with van der Waals surface area (Å²) < 4.78 is 26.5. The van der Waals surface area contributed by atoms with Crippen LogP contribution in [0.15, 0.2) is 47.4 Å². The van der Waals surface area contributed by atoms with Gasteiger partial charge in [-0.1, -0.05) is 30.3 Å². The van der Waals surface area contributed by atoms with Crippen molar-refractivity contribution in [2.45, 2.75) is 13.0 Å². The number of alkyl halides is 2. The van der Waals surface area contributed by atoms with Crippen LogP contribution in [0.4, 0.5) is 14.7 Å². The van der Waals surface area contributed by atoms with Gasteiger partial charge in [-0.25, -0.2) is 9.67 Å². The summed E-state index contributed by atoms with van der Waals surface area (Å²) in [5, 5.41) is 3.85. The molecular formula is C15H13F2N5O. The molecule has 2 heterocycles. The molecule has 3 rings (SSSR count). The lowest BCUT2D eigenvalue weighted by Gasteiger charge is -2.03. The lowest BCUT2D eigenvalue weighted by molar-refractivity contribution is 0.0567. The zero-order valence-corrected chi connectivity index (χ0v) is 11.9. The molecule has 0 saturated heterocycles. The summed E-state index contributed by atoms with van der Waals surface area (Å²) in [5.41, 5.74) is 6.89. The molecule has 8 heteroatoms. The smallest absolute Gasteiger partial charge is 0.333 e. The molecule has 0 atom stereocenters. The standard InChI is InChI=1S/C15H13F2N5O/c16-14(17)22-8-10(6-9-4-2-1-3-5-9)13(21-22)11-7-12(23)20-15(18)19-11/h1-5,7-8,14H,6H2,(H3,18,19,20,23). The van der Waals surface area contributed by atoms with Crippen molar-refractivity contribution in [3.8, 4) is 11.4 Å². The molecule has 3 N–H and O–H groups in total. The van der Waals surface area contributed by atoms with Crippen LogP contribution in [0, 0.1) is 0 Å². The second-order valence-corrected chi connectivity index (χ2v) is 4.94. The van der Waals surface area contributed by atoms with Crippen molar-refractivity contribution in [1.82, 2.24) is 19.7 Å². The molecule has 0 aliphatic heterocycles. The molecule has 1 aromatic carbocycles. The van der Waals surface area contributed by atoms with Crippen molar-refractivity contribution >= 4 is 5.95 Å². The highest BCUT2D eigenvalue weighted by atomic mass is 19.3. The summed E-state index contributed by atoms with van der Waals surface area (Å²) in [5.74, 6) is -0.0928. The lowest BCUT2D eigenvalue weighted by atomic mass is 10.0. The molecular weight excluding hydrogens is 304 g/mol. The van der Waals surface area contributed by atoms with E-state index in [1.165, 1.54) is 12.3 Å². The lowest BCUT2D eigenvalue weighted by Crippen LogP contribution is -2.11. The Kier molecular flexibility index (Phi) is 3.88. The van der Waals surface area contributed by atoms with Gasteiger partial charge in [-0.3, -0.25) is 9.78 Å². The highest BCUT2D eigenvalue weighted by molar-refractivity contribution is 5.60. The molecule has 23 heavy (non-hydrogen) atoms. The molecule has 6 nitrogen and oxygen atoms in total. The first-order valence-electron chi connectivity index (χ1n) is 6.80. The van der Waals surface area contributed by atoms with Crippen molar-refractivity contribution in [3.63, 3.8) is 0 Å². The van der Waals surface area contributed by atoms with E-state index in [1.807, 2.05) is 30.3 Å². The van der Waals surface area contributed by atoms with E-state index >= 15 is 0 Å². The number of nitrogens with one attached hydrogen (secondary N) is 1. The van der Waals surface area contributed by atoms with Gasteiger partial charge in [-0.2, -0.15) is 13.9 Å². The van der Waals surface area contributed by atoms with E-state index in [2.05, 4.69) is 15.1 Å². The van der Waals surface area contributed by atoms with E-state index in [4.69, 9.17) is 5.73 Å². The van der Waals surface area contributed by atoms with Gasteiger partial charge in [0.25, 0.3) is 5.56 Å². The van der Waals surface area contributed by atoms with E-state index in [0.717, 1.165) is 5.56 Å². The summed E-state index contributed by atoms with van der Waals surface area (Å²) in [4.78, 5) is 17.8. The molecule has 0 aliphatic rings. The van der Waals surface area contributed by atoms with E-state index < -0.39 is 12.1 Å². The molecule has 2 aromatic heterocycles. The molecule has 0 saturated carbocycles. The van der Waals surface area contributed by atoms with E-state index in [1.54, 1.807) is 0 Å². The summed E-state index contributed by atoms with van der Waals surface area (Å²) in [6.07, 6.45) is 1.64. The monoisotopic (exact) mass is 317 g/mol. The van der Waals surface area contributed by atoms with Crippen molar-refractivity contribution in [3.05, 3.63) is 64.1 Å². The van der Waals surface area contributed by atoms with Gasteiger partial charge in [0.2, 0.25) is 5.95 Å². The molecule has 0 spiro atoms. The first-order valence-corrected chi connectivity index (χ1v) is 6.80. The minimum atomic E-state index is -2.78. The zero-order valence-electron chi connectivity index (χ0n) is 11.9. The molecule has 0 fully saturated rings. The van der Waals surface area contributed by atoms with E-state index in [9.17, 15) is 13.6 Å². The van der Waals surface area contributed by atoms with Gasteiger partial charge >= 0.3 is 6.55 Å². The van der Waals surface area contributed by atoms with Crippen LogP contribution in [0.2, 0.25) is 0 Å². The van der Waals surface area contributed by atoms with Gasteiger partial charge in [-0.15, -0.1) is 0 Å². The number of nitrogens with two attached hydrogens (primary N) is 1. The Labute approximate surface area is 129 Å². The Balaban J connectivity index is 2.09. The number of nitrogens with zero attached hydrogens (tertiary/aromatic N) is 3. The Bertz CT molecular complexity index is 873. The summed E-state index contributed by atoms with van der Waals surface area (Å²) in [6.45, 7) is -2.78. The van der Waals surface area contributed by atoms with Crippen LogP contribution in [0.3, 0.4) is 0 Å². The molecule has 118 valence electrons. The predicted molar refractivity (Wildman–Crippen MR) is 81.0 cm³/mol. The van der Waals surface area contributed by atoms with Crippen molar-refractivity contribution in [2.75, 3.05) is 5.73 Å². The maximum Gasteiger partial charge on any atom is 0.333 e. The van der Waals surface area contributed by atoms with Gasteiger partial charge in [0, 0.05) is 24.2 Å². The van der Waals surface area contributed by atoms with Crippen molar-refractivity contribution in [2.24, 2.45) is 0 Å². The highest BCUT2D eigenvalue weighted by Gasteiger charge is 2.17. The van der Waals surface area contributed by atoms with Crippen molar-refractivity contribution < 1.29 is 8.78 Å². The Morgan fingerprint density at radius 2 is 2.00 bits per heavy atom. The predicted octanol–water partition coefficient (Wildman–Crippen LogP) is 2.20. The Morgan fingerprint density at radius 3 is 2.65 bits per heavy atom. The fourth-order valence-corrected chi connectivity index (χ4v) is 2.29. The van der Waals surface area contributed by atoms with Crippen LogP contribution in [-0.4, -0.2) is 19.7 Å². The average molecular weight is 317 g/mol. The second-order valence-electron chi connectivity index (χ2n) is 4.94. The number of anilines is 1. The third-order valence-corrected chi connectivity index (χ3v) is 3.25. The molecule has 3 aromatic rings. The second kappa shape index (κ2) is 5.99. The Hall–Kier alpha value is -3.03. The number of rotatable bonds is 4. The maximum absolute atomic E-state index is 13.0. The molecule has 0 unspecified atom stereocenters. The van der Waals surface area contributed by atoms with Crippen LogP contribution in [0.25, 0.3) is 11.4 Å². The normalized spacial score (nSPS) is 11.1. The minimum absolute atomic E-state index is 0.0928. The largest absolute Gasteiger partial charge is 0.369 e. The molecule has 0 aliphatic carbocycles. The van der Waals surface area contributed by atoms with Crippen molar-refractivity contribution in [1.29, 1.82) is 0 Å². The molecule has 0 bridgehead atoms. The third kappa shape index (κ3) is 3.25. The maximum atomic E-state index is 13.0. The zero-order chi connectivity index (χ0) is 16.4. The number of hydrogen-bond acceptors (Lipinski definition) is 4. The first-order chi connectivity index (χ1) is 11.0. The van der Waals surface area contributed by atoms with Crippen LogP contribution < -0.4 is 11.3 Å². The number of aromatic nitrogens is 4. The number of H-pyrrole nitrogens is 1. The summed E-state index contributed by atoms with van der Waals surface area (Å²) in [7, 11) is 0. The quantitative estimate of drug-likeness (QED) is 0.772. The summed E-state index contributed by atoms with van der Waals surface area (Å²) in [6, 6.07) is 10.5. The van der Waals surface area contributed by atoms with Crippen LogP contribution in [0.1, 0.15) is 17.7 Å². The van der Waals surface area contributed by atoms with E-state index in [-0.39, 0.29) is 17.3 Å². The van der Waals surface area contributed by atoms with Gasteiger partial charge in [0.15, 0.2) is 0 Å². The minimum Gasteiger partial charge on any atom is -0.369 e. The number of halogens is 2. The number of nitrogen functional groups attached to an aromatic ring is 1. The molecule has 0 amide bonds. The van der Waals surface area contributed by atoms with Gasteiger partial charge < -0.3 is 5.73 Å². The molecule has 0 radical (unpaired) electrons. The number of benzene rings is 1. The van der Waals surface area contributed by atoms with Crippen LogP contribution in [-0.2, 0) is 6.42 Å². The fraction of sp³-hybridized carbons (Fsp3) is 0.133. The van der Waals surface area contributed by atoms with Gasteiger partial charge in [-0.05, 0) is 5.56 Å². The summed E-state index contributed by atoms with van der Waals surface area (Å²) >= 11 is 0.